The van der Waals surface area contributed by atoms with Gasteiger partial charge in [0.05, 0.1) is 5.69 Å². The molecule has 1 heterocycles. The Kier molecular flexibility index (Phi) is 5.34. The van der Waals surface area contributed by atoms with E-state index in [1.54, 1.807) is 6.07 Å². The molecule has 1 amide bonds. The van der Waals surface area contributed by atoms with Gasteiger partial charge in [0.1, 0.15) is 5.82 Å². The number of nitrogens with one attached hydrogen (secondary N) is 2. The van der Waals surface area contributed by atoms with Crippen molar-refractivity contribution in [2.45, 2.75) is 25.7 Å². The summed E-state index contributed by atoms with van der Waals surface area (Å²) in [5, 5.41) is 6.12. The average Bonchev–Trinajstić information content (AvgIpc) is 2.41. The van der Waals surface area contributed by atoms with E-state index in [0.29, 0.717) is 22.5 Å². The smallest absolute Gasteiger partial charge is 0.224 e. The van der Waals surface area contributed by atoms with Crippen molar-refractivity contribution >= 4 is 27.5 Å². The Morgan fingerprint density at radius 2 is 2.16 bits per heavy atom. The van der Waals surface area contributed by atoms with Crippen LogP contribution in [0.4, 0.5) is 10.1 Å². The molecular weight excluding hydrogens is 311 g/mol. The molecule has 1 aromatic carbocycles. The van der Waals surface area contributed by atoms with Crippen LogP contribution >= 0.6 is 15.9 Å². The highest BCUT2D eigenvalue weighted by Crippen LogP contribution is 2.24. The number of hydrogen-bond donors (Lipinski definition) is 2. The number of benzene rings is 1. The molecule has 0 aliphatic carbocycles. The van der Waals surface area contributed by atoms with Gasteiger partial charge in [-0.1, -0.05) is 0 Å². The minimum absolute atomic E-state index is 0.00848. The van der Waals surface area contributed by atoms with Gasteiger partial charge in [-0.15, -0.1) is 0 Å². The maximum Gasteiger partial charge on any atom is 0.224 e. The van der Waals surface area contributed by atoms with Crippen LogP contribution in [0.3, 0.4) is 0 Å². The number of hydrogen-bond acceptors (Lipinski definition) is 2. The summed E-state index contributed by atoms with van der Waals surface area (Å²) in [4.78, 5) is 11.9. The summed E-state index contributed by atoms with van der Waals surface area (Å²) in [5.74, 6) is 0.314. The van der Waals surface area contributed by atoms with Crippen LogP contribution in [0.5, 0.6) is 0 Å². The van der Waals surface area contributed by atoms with Crippen molar-refractivity contribution in [1.82, 2.24) is 5.32 Å². The first-order valence-electron chi connectivity index (χ1n) is 6.61. The van der Waals surface area contributed by atoms with Crippen LogP contribution in [0.15, 0.2) is 22.7 Å². The van der Waals surface area contributed by atoms with E-state index in [4.69, 9.17) is 0 Å². The summed E-state index contributed by atoms with van der Waals surface area (Å²) in [7, 11) is 0. The number of carbonyl (C=O) groups excluding carboxylic acids is 1. The van der Waals surface area contributed by atoms with Gasteiger partial charge in [-0.2, -0.15) is 0 Å². The summed E-state index contributed by atoms with van der Waals surface area (Å²) >= 11 is 3.24. The van der Waals surface area contributed by atoms with Crippen LogP contribution in [0, 0.1) is 11.7 Å². The topological polar surface area (TPSA) is 41.1 Å². The molecule has 5 heteroatoms. The van der Waals surface area contributed by atoms with Gasteiger partial charge in [-0.25, -0.2) is 4.39 Å². The first-order chi connectivity index (χ1) is 9.15. The molecule has 0 saturated carbocycles. The third kappa shape index (κ3) is 4.58. The molecule has 0 atom stereocenters. The molecule has 1 aliphatic heterocycles. The maximum atomic E-state index is 12.9. The molecular formula is C14H18BrFN2O. The zero-order chi connectivity index (χ0) is 13.7. The lowest BCUT2D eigenvalue weighted by molar-refractivity contribution is -0.116. The minimum Gasteiger partial charge on any atom is -0.325 e. The second kappa shape index (κ2) is 7.01. The molecule has 1 fully saturated rings. The molecule has 0 aromatic heterocycles. The van der Waals surface area contributed by atoms with Crippen LogP contribution < -0.4 is 10.6 Å². The molecule has 2 N–H and O–H groups in total. The number of halogens is 2. The first kappa shape index (κ1) is 14.5. The number of anilines is 1. The Bertz CT molecular complexity index is 447. The summed E-state index contributed by atoms with van der Waals surface area (Å²) in [6.45, 7) is 2.10. The highest BCUT2D eigenvalue weighted by Gasteiger charge is 2.15. The minimum atomic E-state index is -0.320. The fraction of sp³-hybridized carbons (Fsp3) is 0.500. The van der Waals surface area contributed by atoms with Gasteiger partial charge in [0.15, 0.2) is 0 Å². The Morgan fingerprint density at radius 3 is 2.84 bits per heavy atom. The molecule has 0 radical (unpaired) electrons. The number of rotatable bonds is 4. The molecule has 0 spiro atoms. The van der Waals surface area contributed by atoms with Gasteiger partial charge in [-0.05, 0) is 72.4 Å². The quantitative estimate of drug-likeness (QED) is 0.890. The van der Waals surface area contributed by atoms with Gasteiger partial charge < -0.3 is 10.6 Å². The fourth-order valence-electron chi connectivity index (χ4n) is 2.31. The lowest BCUT2D eigenvalue weighted by Crippen LogP contribution is -2.28. The monoisotopic (exact) mass is 328 g/mol. The van der Waals surface area contributed by atoms with E-state index in [9.17, 15) is 9.18 Å². The van der Waals surface area contributed by atoms with Crippen molar-refractivity contribution in [3.05, 3.63) is 28.5 Å². The largest absolute Gasteiger partial charge is 0.325 e. The normalized spacial score (nSPS) is 16.3. The highest BCUT2D eigenvalue weighted by atomic mass is 79.9. The van der Waals surface area contributed by atoms with Crippen molar-refractivity contribution in [2.75, 3.05) is 18.4 Å². The second-order valence-corrected chi connectivity index (χ2v) is 5.76. The van der Waals surface area contributed by atoms with E-state index < -0.39 is 0 Å². The molecule has 0 bridgehead atoms. The molecule has 104 valence electrons. The zero-order valence-corrected chi connectivity index (χ0v) is 12.3. The molecule has 1 saturated heterocycles. The lowest BCUT2D eigenvalue weighted by Gasteiger charge is -2.22. The van der Waals surface area contributed by atoms with Crippen LogP contribution in [-0.4, -0.2) is 19.0 Å². The Balaban J connectivity index is 1.80. The van der Waals surface area contributed by atoms with Crippen LogP contribution in [-0.2, 0) is 4.79 Å². The van der Waals surface area contributed by atoms with E-state index in [1.807, 2.05) is 0 Å². The van der Waals surface area contributed by atoms with E-state index >= 15 is 0 Å². The summed E-state index contributed by atoms with van der Waals surface area (Å²) in [5.41, 5.74) is 0.622. The number of piperidine rings is 1. The fourth-order valence-corrected chi connectivity index (χ4v) is 2.76. The van der Waals surface area contributed by atoms with Gasteiger partial charge >= 0.3 is 0 Å². The second-order valence-electron chi connectivity index (χ2n) is 4.90. The van der Waals surface area contributed by atoms with Crippen molar-refractivity contribution in [1.29, 1.82) is 0 Å². The standard InChI is InChI=1S/C14H18BrFN2O/c15-12-9-11(16)2-3-13(12)18-14(19)4-1-10-5-7-17-8-6-10/h2-3,9-10,17H,1,4-8H2,(H,18,19). The summed E-state index contributed by atoms with van der Waals surface area (Å²) in [6.07, 6.45) is 3.74. The van der Waals surface area contributed by atoms with E-state index in [1.165, 1.54) is 12.1 Å². The van der Waals surface area contributed by atoms with Crippen LogP contribution in [0.1, 0.15) is 25.7 Å². The molecule has 0 unspecified atom stereocenters. The maximum absolute atomic E-state index is 12.9. The first-order valence-corrected chi connectivity index (χ1v) is 7.40. The molecule has 1 aromatic rings. The van der Waals surface area contributed by atoms with Gasteiger partial charge in [-0.3, -0.25) is 4.79 Å². The average molecular weight is 329 g/mol. The third-order valence-corrected chi connectivity index (χ3v) is 4.10. The van der Waals surface area contributed by atoms with Crippen molar-refractivity contribution in [2.24, 2.45) is 5.92 Å². The SMILES string of the molecule is O=C(CCC1CCNCC1)Nc1ccc(F)cc1Br. The molecule has 1 aliphatic rings. The molecule has 2 rings (SSSR count). The predicted molar refractivity (Wildman–Crippen MR) is 77.6 cm³/mol. The zero-order valence-electron chi connectivity index (χ0n) is 10.7. The third-order valence-electron chi connectivity index (χ3n) is 3.44. The molecule has 19 heavy (non-hydrogen) atoms. The summed E-state index contributed by atoms with van der Waals surface area (Å²) in [6, 6.07) is 4.26. The lowest BCUT2D eigenvalue weighted by atomic mass is 9.93. The number of amides is 1. The van der Waals surface area contributed by atoms with E-state index in [2.05, 4.69) is 26.6 Å². The van der Waals surface area contributed by atoms with Crippen molar-refractivity contribution in [3.63, 3.8) is 0 Å². The Labute approximate surface area is 121 Å². The Hall–Kier alpha value is -0.940. The van der Waals surface area contributed by atoms with Crippen LogP contribution in [0.2, 0.25) is 0 Å². The predicted octanol–water partition coefficient (Wildman–Crippen LogP) is 3.31. The molecule has 3 nitrogen and oxygen atoms in total. The van der Waals surface area contributed by atoms with Crippen LogP contribution in [0.25, 0.3) is 0 Å². The number of carbonyl (C=O) groups is 1. The van der Waals surface area contributed by atoms with E-state index in [0.717, 1.165) is 32.4 Å². The van der Waals surface area contributed by atoms with Gasteiger partial charge in [0.25, 0.3) is 0 Å². The van der Waals surface area contributed by atoms with Crippen molar-refractivity contribution in [3.8, 4) is 0 Å². The highest BCUT2D eigenvalue weighted by molar-refractivity contribution is 9.10. The van der Waals surface area contributed by atoms with Crippen molar-refractivity contribution < 1.29 is 9.18 Å². The van der Waals surface area contributed by atoms with Gasteiger partial charge in [0.2, 0.25) is 5.91 Å². The Morgan fingerprint density at radius 1 is 1.42 bits per heavy atom. The van der Waals surface area contributed by atoms with E-state index in [-0.39, 0.29) is 11.7 Å². The van der Waals surface area contributed by atoms with Gasteiger partial charge in [0, 0.05) is 10.9 Å². The summed E-state index contributed by atoms with van der Waals surface area (Å²) < 4.78 is 13.5.